The first-order valence-corrected chi connectivity index (χ1v) is 9.55. The minimum absolute atomic E-state index is 0.0509. The van der Waals surface area contributed by atoms with Crippen LogP contribution in [0.2, 0.25) is 0 Å². The summed E-state index contributed by atoms with van der Waals surface area (Å²) in [5.41, 5.74) is 3.15. The van der Waals surface area contributed by atoms with Gasteiger partial charge in [0.1, 0.15) is 5.82 Å². The highest BCUT2D eigenvalue weighted by Gasteiger charge is 2.33. The van der Waals surface area contributed by atoms with Gasteiger partial charge in [-0.3, -0.25) is 9.59 Å². The van der Waals surface area contributed by atoms with E-state index in [-0.39, 0.29) is 23.7 Å². The van der Waals surface area contributed by atoms with Crippen molar-refractivity contribution in [1.29, 1.82) is 0 Å². The van der Waals surface area contributed by atoms with Crippen molar-refractivity contribution in [2.45, 2.75) is 38.8 Å². The molecule has 0 aromatic heterocycles. The number of carbonyl (C=O) groups excluding carboxylic acids is 2. The second kappa shape index (κ2) is 8.42. The third-order valence-corrected chi connectivity index (χ3v) is 4.85. The summed E-state index contributed by atoms with van der Waals surface area (Å²) < 4.78 is 13.2. The van der Waals surface area contributed by atoms with Crippen LogP contribution in [-0.4, -0.2) is 36.9 Å². The van der Waals surface area contributed by atoms with E-state index in [1.165, 1.54) is 24.3 Å². The second-order valence-corrected chi connectivity index (χ2v) is 7.31. The van der Waals surface area contributed by atoms with Crippen LogP contribution in [0.15, 0.2) is 42.5 Å². The zero-order valence-electron chi connectivity index (χ0n) is 16.5. The number of rotatable bonds is 7. The predicted molar refractivity (Wildman–Crippen MR) is 109 cm³/mol. The molecule has 1 aliphatic carbocycles. The molecule has 28 heavy (non-hydrogen) atoms. The van der Waals surface area contributed by atoms with E-state index in [2.05, 4.69) is 5.32 Å². The van der Waals surface area contributed by atoms with Crippen LogP contribution in [0.3, 0.4) is 0 Å². The maximum Gasteiger partial charge on any atom is 0.254 e. The van der Waals surface area contributed by atoms with Crippen molar-refractivity contribution in [3.05, 3.63) is 59.4 Å². The lowest BCUT2D eigenvalue weighted by molar-refractivity contribution is -0.115. The average Bonchev–Trinajstić information content (AvgIpc) is 3.51. The van der Waals surface area contributed by atoms with Gasteiger partial charge in [0.2, 0.25) is 5.91 Å². The highest BCUT2D eigenvalue weighted by atomic mass is 19.1. The molecule has 2 aromatic rings. The van der Waals surface area contributed by atoms with Gasteiger partial charge in [-0.25, -0.2) is 4.39 Å². The average molecular weight is 383 g/mol. The van der Waals surface area contributed by atoms with Crippen LogP contribution in [0.5, 0.6) is 0 Å². The number of hydrogen-bond donors (Lipinski definition) is 1. The van der Waals surface area contributed by atoms with Crippen LogP contribution < -0.4 is 10.2 Å². The fourth-order valence-corrected chi connectivity index (χ4v) is 3.17. The van der Waals surface area contributed by atoms with Crippen LogP contribution in [0, 0.1) is 5.82 Å². The molecule has 0 unspecified atom stereocenters. The minimum atomic E-state index is -0.358. The molecule has 6 heteroatoms. The van der Waals surface area contributed by atoms with E-state index in [4.69, 9.17) is 0 Å². The van der Waals surface area contributed by atoms with Crippen molar-refractivity contribution >= 4 is 23.2 Å². The Morgan fingerprint density at radius 3 is 2.36 bits per heavy atom. The van der Waals surface area contributed by atoms with Gasteiger partial charge in [0.25, 0.3) is 5.91 Å². The largest absolute Gasteiger partial charge is 0.377 e. The number of halogens is 1. The maximum atomic E-state index is 13.2. The van der Waals surface area contributed by atoms with Crippen LogP contribution in [0.4, 0.5) is 15.8 Å². The Kier molecular flexibility index (Phi) is 5.97. The van der Waals surface area contributed by atoms with Crippen LogP contribution >= 0.6 is 0 Å². The van der Waals surface area contributed by atoms with E-state index in [0.29, 0.717) is 18.5 Å². The third kappa shape index (κ3) is 4.68. The van der Waals surface area contributed by atoms with Gasteiger partial charge >= 0.3 is 0 Å². The molecule has 148 valence electrons. The van der Waals surface area contributed by atoms with E-state index < -0.39 is 0 Å². The molecule has 0 aliphatic heterocycles. The monoisotopic (exact) mass is 383 g/mol. The number of anilines is 2. The SMILES string of the molecule is CCC(=O)Nc1ccc(N(C)C)c(CN(C(=O)c2ccc(F)cc2)C2CC2)c1. The first-order valence-electron chi connectivity index (χ1n) is 9.55. The summed E-state index contributed by atoms with van der Waals surface area (Å²) in [7, 11) is 3.90. The van der Waals surface area contributed by atoms with Gasteiger partial charge in [0.05, 0.1) is 0 Å². The van der Waals surface area contributed by atoms with Crippen molar-refractivity contribution in [1.82, 2.24) is 4.90 Å². The summed E-state index contributed by atoms with van der Waals surface area (Å²) in [6.45, 7) is 2.24. The molecule has 1 fully saturated rings. The Morgan fingerprint density at radius 1 is 1.11 bits per heavy atom. The first-order chi connectivity index (χ1) is 13.4. The summed E-state index contributed by atoms with van der Waals surface area (Å²) in [5, 5.41) is 2.88. The van der Waals surface area contributed by atoms with E-state index in [1.807, 2.05) is 42.1 Å². The Balaban J connectivity index is 1.89. The maximum absolute atomic E-state index is 13.2. The molecule has 0 spiro atoms. The van der Waals surface area contributed by atoms with Gasteiger partial charge in [-0.1, -0.05) is 6.92 Å². The molecule has 0 saturated heterocycles. The van der Waals surface area contributed by atoms with E-state index >= 15 is 0 Å². The van der Waals surface area contributed by atoms with Gasteiger partial charge in [-0.2, -0.15) is 0 Å². The quantitative estimate of drug-likeness (QED) is 0.785. The van der Waals surface area contributed by atoms with Crippen molar-refractivity contribution < 1.29 is 14.0 Å². The van der Waals surface area contributed by atoms with Gasteiger partial charge in [-0.15, -0.1) is 0 Å². The van der Waals surface area contributed by atoms with Gasteiger partial charge in [0.15, 0.2) is 0 Å². The molecular weight excluding hydrogens is 357 g/mol. The standard InChI is InChI=1S/C22H26FN3O2/c1-4-21(27)24-18-9-12-20(25(2)3)16(13-18)14-26(19-10-11-19)22(28)15-5-7-17(23)8-6-15/h5-9,12-13,19H,4,10-11,14H2,1-3H3,(H,24,27). The summed E-state index contributed by atoms with van der Waals surface area (Å²) in [6, 6.07) is 11.6. The van der Waals surface area contributed by atoms with Crippen molar-refractivity contribution in [2.75, 3.05) is 24.3 Å². The third-order valence-electron chi connectivity index (χ3n) is 4.85. The molecule has 0 heterocycles. The first kappa shape index (κ1) is 19.9. The Bertz CT molecular complexity index is 861. The fourth-order valence-electron chi connectivity index (χ4n) is 3.17. The number of hydrogen-bond acceptors (Lipinski definition) is 3. The zero-order valence-corrected chi connectivity index (χ0v) is 16.5. The normalized spacial score (nSPS) is 13.1. The van der Waals surface area contributed by atoms with Gasteiger partial charge in [0, 0.05) is 50.0 Å². The number of carbonyl (C=O) groups is 2. The molecule has 0 atom stereocenters. The molecule has 3 rings (SSSR count). The van der Waals surface area contributed by atoms with E-state index in [0.717, 1.165) is 29.8 Å². The lowest BCUT2D eigenvalue weighted by atomic mass is 10.1. The molecule has 2 amide bonds. The zero-order chi connectivity index (χ0) is 20.3. The van der Waals surface area contributed by atoms with Crippen molar-refractivity contribution in [3.63, 3.8) is 0 Å². The summed E-state index contributed by atoms with van der Waals surface area (Å²) in [5.74, 6) is -0.510. The molecule has 1 N–H and O–H groups in total. The van der Waals surface area contributed by atoms with Gasteiger partial charge < -0.3 is 15.1 Å². The van der Waals surface area contributed by atoms with E-state index in [9.17, 15) is 14.0 Å². The highest BCUT2D eigenvalue weighted by molar-refractivity contribution is 5.95. The lowest BCUT2D eigenvalue weighted by Crippen LogP contribution is -2.33. The Labute approximate surface area is 165 Å². The minimum Gasteiger partial charge on any atom is -0.377 e. The summed E-state index contributed by atoms with van der Waals surface area (Å²) in [4.78, 5) is 28.7. The van der Waals surface area contributed by atoms with Crippen LogP contribution in [0.25, 0.3) is 0 Å². The summed E-state index contributed by atoms with van der Waals surface area (Å²) >= 11 is 0. The molecule has 2 aromatic carbocycles. The Morgan fingerprint density at radius 2 is 1.79 bits per heavy atom. The smallest absolute Gasteiger partial charge is 0.254 e. The summed E-state index contributed by atoms with van der Waals surface area (Å²) in [6.07, 6.45) is 2.34. The van der Waals surface area contributed by atoms with Crippen LogP contribution in [-0.2, 0) is 11.3 Å². The van der Waals surface area contributed by atoms with Crippen molar-refractivity contribution in [3.8, 4) is 0 Å². The Hall–Kier alpha value is -2.89. The number of nitrogens with zero attached hydrogens (tertiary/aromatic N) is 2. The lowest BCUT2D eigenvalue weighted by Gasteiger charge is -2.26. The highest BCUT2D eigenvalue weighted by Crippen LogP contribution is 2.32. The molecule has 1 saturated carbocycles. The van der Waals surface area contributed by atoms with Gasteiger partial charge in [-0.05, 0) is 60.9 Å². The number of amides is 2. The molecular formula is C22H26FN3O2. The van der Waals surface area contributed by atoms with E-state index in [1.54, 1.807) is 6.92 Å². The van der Waals surface area contributed by atoms with Crippen molar-refractivity contribution in [2.24, 2.45) is 0 Å². The second-order valence-electron chi connectivity index (χ2n) is 7.31. The van der Waals surface area contributed by atoms with Crippen LogP contribution in [0.1, 0.15) is 42.1 Å². The molecule has 1 aliphatic rings. The molecule has 0 bridgehead atoms. The number of nitrogens with one attached hydrogen (secondary N) is 1. The number of benzene rings is 2. The topological polar surface area (TPSA) is 52.7 Å². The predicted octanol–water partition coefficient (Wildman–Crippen LogP) is 4.05. The molecule has 0 radical (unpaired) electrons. The molecule has 5 nitrogen and oxygen atoms in total. The fraction of sp³-hybridized carbons (Fsp3) is 0.364.